The van der Waals surface area contributed by atoms with Crippen LogP contribution in [0, 0.1) is 5.82 Å². The molecule has 2 aromatic carbocycles. The highest BCUT2D eigenvalue weighted by atomic mass is 32.2. The third-order valence-corrected chi connectivity index (χ3v) is 7.56. The number of pyridine rings is 1. The first kappa shape index (κ1) is 23.8. The predicted octanol–water partition coefficient (Wildman–Crippen LogP) is 4.14. The molecule has 1 aliphatic heterocycles. The van der Waals surface area contributed by atoms with Crippen molar-refractivity contribution in [3.8, 4) is 11.3 Å². The lowest BCUT2D eigenvalue weighted by Crippen LogP contribution is -2.53. The number of aliphatic hydroxyl groups excluding tert-OH is 1. The van der Waals surface area contributed by atoms with Gasteiger partial charge >= 0.3 is 0 Å². The second kappa shape index (κ2) is 9.52. The van der Waals surface area contributed by atoms with Crippen LogP contribution in [0.3, 0.4) is 0 Å². The van der Waals surface area contributed by atoms with Gasteiger partial charge in [0.1, 0.15) is 16.7 Å². The number of amidine groups is 1. The molecule has 34 heavy (non-hydrogen) atoms. The highest BCUT2D eigenvalue weighted by Gasteiger charge is 2.48. The number of nitrogens with one attached hydrogen (secondary N) is 1. The SMILES string of the molecule is CC1(C)OC(=NC(CCO)c2ccccc2F)NS(=O)(=O)C1c1ccc(-c2ccccn2)cc1. The van der Waals surface area contributed by atoms with Crippen molar-refractivity contribution in [3.05, 3.63) is 89.9 Å². The summed E-state index contributed by atoms with van der Waals surface area (Å²) in [5.74, 6) is -0.492. The molecule has 0 spiro atoms. The molecule has 2 N–H and O–H groups in total. The number of nitrogens with zero attached hydrogens (tertiary/aromatic N) is 2. The average molecular weight is 484 g/mol. The van der Waals surface area contributed by atoms with Crippen LogP contribution >= 0.6 is 0 Å². The molecule has 2 atom stereocenters. The van der Waals surface area contributed by atoms with Gasteiger partial charge in [-0.15, -0.1) is 0 Å². The van der Waals surface area contributed by atoms with Crippen molar-refractivity contribution >= 4 is 16.0 Å². The summed E-state index contributed by atoms with van der Waals surface area (Å²) in [6.07, 6.45) is 1.80. The van der Waals surface area contributed by atoms with Crippen molar-refractivity contribution in [1.82, 2.24) is 9.71 Å². The molecule has 1 saturated heterocycles. The van der Waals surface area contributed by atoms with Gasteiger partial charge in [-0.1, -0.05) is 48.5 Å². The van der Waals surface area contributed by atoms with Crippen LogP contribution in [0.25, 0.3) is 11.3 Å². The zero-order valence-corrected chi connectivity index (χ0v) is 19.7. The van der Waals surface area contributed by atoms with Crippen molar-refractivity contribution in [1.29, 1.82) is 0 Å². The Labute approximate surface area is 198 Å². The first-order valence-electron chi connectivity index (χ1n) is 10.9. The third kappa shape index (κ3) is 4.95. The van der Waals surface area contributed by atoms with Crippen LogP contribution in [0.15, 0.2) is 77.9 Å². The van der Waals surface area contributed by atoms with E-state index in [-0.39, 0.29) is 24.6 Å². The Morgan fingerprint density at radius 2 is 1.82 bits per heavy atom. The molecule has 0 radical (unpaired) electrons. The fourth-order valence-corrected chi connectivity index (χ4v) is 5.94. The Hall–Kier alpha value is -3.30. The molecule has 2 unspecified atom stereocenters. The molecule has 9 heteroatoms. The lowest BCUT2D eigenvalue weighted by atomic mass is 9.96. The number of sulfonamides is 1. The summed E-state index contributed by atoms with van der Waals surface area (Å²) in [6.45, 7) is 3.09. The number of aliphatic imine (C=N–C) groups is 1. The van der Waals surface area contributed by atoms with Crippen molar-refractivity contribution < 1.29 is 22.7 Å². The number of benzene rings is 2. The van der Waals surface area contributed by atoms with Gasteiger partial charge in [0.2, 0.25) is 10.0 Å². The van der Waals surface area contributed by atoms with Crippen LogP contribution < -0.4 is 4.72 Å². The van der Waals surface area contributed by atoms with Crippen molar-refractivity contribution in [2.24, 2.45) is 4.99 Å². The topological polar surface area (TPSA) is 101 Å². The van der Waals surface area contributed by atoms with Crippen molar-refractivity contribution in [3.63, 3.8) is 0 Å². The third-order valence-electron chi connectivity index (χ3n) is 5.64. The molecule has 3 aromatic rings. The maximum atomic E-state index is 14.3. The van der Waals surface area contributed by atoms with E-state index in [0.29, 0.717) is 5.56 Å². The maximum absolute atomic E-state index is 14.3. The normalized spacial score (nSPS) is 20.8. The Kier molecular flexibility index (Phi) is 6.67. The minimum atomic E-state index is -3.94. The molecule has 0 saturated carbocycles. The second-order valence-corrected chi connectivity index (χ2v) is 10.3. The minimum absolute atomic E-state index is 0.106. The van der Waals surface area contributed by atoms with Crippen molar-refractivity contribution in [2.75, 3.05) is 6.61 Å². The number of ether oxygens (including phenoxy) is 1. The van der Waals surface area contributed by atoms with E-state index in [0.717, 1.165) is 11.3 Å². The molecule has 7 nitrogen and oxygen atoms in total. The first-order chi connectivity index (χ1) is 16.2. The number of halogens is 1. The van der Waals surface area contributed by atoms with E-state index >= 15 is 0 Å². The molecular weight excluding hydrogens is 457 g/mol. The van der Waals surface area contributed by atoms with Crippen LogP contribution in [0.1, 0.15) is 42.7 Å². The van der Waals surface area contributed by atoms with E-state index in [1.807, 2.05) is 30.3 Å². The van der Waals surface area contributed by atoms with E-state index in [4.69, 9.17) is 4.74 Å². The number of hydrogen-bond acceptors (Lipinski definition) is 6. The molecule has 0 aliphatic carbocycles. The Bertz CT molecular complexity index is 1280. The second-order valence-electron chi connectivity index (χ2n) is 8.55. The smallest absolute Gasteiger partial charge is 0.299 e. The fraction of sp³-hybridized carbons (Fsp3) is 0.280. The van der Waals surface area contributed by atoms with Gasteiger partial charge < -0.3 is 9.84 Å². The molecule has 178 valence electrons. The predicted molar refractivity (Wildman–Crippen MR) is 128 cm³/mol. The summed E-state index contributed by atoms with van der Waals surface area (Å²) in [4.78, 5) is 8.64. The van der Waals surface area contributed by atoms with E-state index < -0.39 is 32.7 Å². The summed E-state index contributed by atoms with van der Waals surface area (Å²) in [5.41, 5.74) is 1.28. The zero-order chi connectivity index (χ0) is 24.3. The lowest BCUT2D eigenvalue weighted by molar-refractivity contribution is 0.0758. The van der Waals surface area contributed by atoms with E-state index in [1.54, 1.807) is 50.4 Å². The van der Waals surface area contributed by atoms with E-state index in [1.165, 1.54) is 6.07 Å². The Balaban J connectivity index is 1.64. The summed E-state index contributed by atoms with van der Waals surface area (Å²) in [7, 11) is -3.94. The Morgan fingerprint density at radius 1 is 1.12 bits per heavy atom. The number of aliphatic hydroxyl groups is 1. The van der Waals surface area contributed by atoms with Crippen LogP contribution in [-0.2, 0) is 14.8 Å². The number of rotatable bonds is 6. The average Bonchev–Trinajstić information content (AvgIpc) is 2.79. The molecule has 4 rings (SSSR count). The molecule has 1 fully saturated rings. The number of aromatic nitrogens is 1. The van der Waals surface area contributed by atoms with Gasteiger partial charge in [0.15, 0.2) is 0 Å². The number of hydrogen-bond donors (Lipinski definition) is 2. The first-order valence-corrected chi connectivity index (χ1v) is 12.4. The van der Waals surface area contributed by atoms with Crippen LogP contribution in [0.5, 0.6) is 0 Å². The van der Waals surface area contributed by atoms with Crippen LogP contribution in [0.4, 0.5) is 4.39 Å². The largest absolute Gasteiger partial charge is 0.457 e. The van der Waals surface area contributed by atoms with Gasteiger partial charge in [-0.05, 0) is 44.0 Å². The quantitative estimate of drug-likeness (QED) is 0.549. The zero-order valence-electron chi connectivity index (χ0n) is 18.8. The van der Waals surface area contributed by atoms with Gasteiger partial charge in [0.25, 0.3) is 6.02 Å². The molecule has 0 amide bonds. The lowest BCUT2D eigenvalue weighted by Gasteiger charge is -2.39. The van der Waals surface area contributed by atoms with Crippen LogP contribution in [0.2, 0.25) is 0 Å². The van der Waals surface area contributed by atoms with Gasteiger partial charge in [0.05, 0.1) is 11.7 Å². The molecule has 1 aromatic heterocycles. The van der Waals surface area contributed by atoms with Gasteiger partial charge in [0, 0.05) is 23.9 Å². The van der Waals surface area contributed by atoms with Gasteiger partial charge in [-0.25, -0.2) is 22.5 Å². The van der Waals surface area contributed by atoms with E-state index in [9.17, 15) is 17.9 Å². The van der Waals surface area contributed by atoms with Crippen LogP contribution in [-0.4, -0.2) is 36.7 Å². The molecule has 0 bridgehead atoms. The molecule has 1 aliphatic rings. The standard InChI is InChI=1S/C25H26FN3O4S/c1-25(2)23(18-12-10-17(11-13-18)21-9-5-6-15-27-21)34(31,32)29-24(33-25)28-22(14-16-30)19-7-3-4-8-20(19)26/h3-13,15,22-23,30H,14,16H2,1-2H3,(H,28,29). The minimum Gasteiger partial charge on any atom is -0.457 e. The highest BCUT2D eigenvalue weighted by molar-refractivity contribution is 7.90. The van der Waals surface area contributed by atoms with Crippen molar-refractivity contribution in [2.45, 2.75) is 37.2 Å². The van der Waals surface area contributed by atoms with E-state index in [2.05, 4.69) is 14.7 Å². The monoisotopic (exact) mass is 483 g/mol. The molecule has 2 heterocycles. The summed E-state index contributed by atoms with van der Waals surface area (Å²) < 4.78 is 49.3. The van der Waals surface area contributed by atoms with Gasteiger partial charge in [-0.3, -0.25) is 4.98 Å². The maximum Gasteiger partial charge on any atom is 0.299 e. The van der Waals surface area contributed by atoms with Gasteiger partial charge in [-0.2, -0.15) is 0 Å². The fourth-order valence-electron chi connectivity index (χ4n) is 4.17. The summed E-state index contributed by atoms with van der Waals surface area (Å²) >= 11 is 0. The highest BCUT2D eigenvalue weighted by Crippen LogP contribution is 2.39. The summed E-state index contributed by atoms with van der Waals surface area (Å²) in [5, 5.41) is 8.43. The summed E-state index contributed by atoms with van der Waals surface area (Å²) in [6, 6.07) is 17.7. The molecular formula is C25H26FN3O4S. The Morgan fingerprint density at radius 3 is 2.44 bits per heavy atom.